The number of methoxy groups -OCH3 is 1. The number of hydrogen-bond acceptors (Lipinski definition) is 3. The van der Waals surface area contributed by atoms with E-state index in [1.807, 2.05) is 41.4 Å². The molecular weight excluding hydrogens is 362 g/mol. The van der Waals surface area contributed by atoms with Crippen LogP contribution in [0.15, 0.2) is 48.7 Å². The molecule has 2 aromatic carbocycles. The summed E-state index contributed by atoms with van der Waals surface area (Å²) in [5.41, 5.74) is 3.15. The number of carbonyl (C=O) groups is 1. The van der Waals surface area contributed by atoms with Crippen LogP contribution < -0.4 is 9.64 Å². The van der Waals surface area contributed by atoms with Crippen molar-refractivity contribution in [2.24, 2.45) is 0 Å². The van der Waals surface area contributed by atoms with E-state index in [1.165, 1.54) is 0 Å². The number of aromatic amines is 1. The largest absolute Gasteiger partial charge is 0.497 e. The van der Waals surface area contributed by atoms with E-state index in [4.69, 9.17) is 16.3 Å². The van der Waals surface area contributed by atoms with Crippen molar-refractivity contribution >= 4 is 34.1 Å². The third-order valence-corrected chi connectivity index (χ3v) is 5.38. The topological polar surface area (TPSA) is 48.6 Å². The third-order valence-electron chi connectivity index (χ3n) is 5.14. The van der Waals surface area contributed by atoms with Crippen LogP contribution in [-0.2, 0) is 11.2 Å². The second-order valence-corrected chi connectivity index (χ2v) is 7.18. The van der Waals surface area contributed by atoms with Gasteiger partial charge in [-0.05, 0) is 42.0 Å². The fourth-order valence-electron chi connectivity index (χ4n) is 3.59. The number of H-pyrrole nitrogens is 1. The molecule has 1 saturated heterocycles. The molecule has 0 radical (unpaired) electrons. The number of carbonyl (C=O) groups excluding carboxylic acids is 1. The van der Waals surface area contributed by atoms with E-state index in [0.717, 1.165) is 54.1 Å². The number of hydrogen-bond donors (Lipinski definition) is 1. The van der Waals surface area contributed by atoms with Gasteiger partial charge >= 0.3 is 0 Å². The molecule has 2 heterocycles. The fraction of sp³-hybridized carbons (Fsp3) is 0.286. The predicted octanol–water partition coefficient (Wildman–Crippen LogP) is 3.72. The van der Waals surface area contributed by atoms with E-state index < -0.39 is 0 Å². The fourth-order valence-corrected chi connectivity index (χ4v) is 3.76. The van der Waals surface area contributed by atoms with Crippen molar-refractivity contribution in [2.75, 3.05) is 38.2 Å². The van der Waals surface area contributed by atoms with Crippen LogP contribution >= 0.6 is 11.6 Å². The molecule has 3 aromatic rings. The number of amides is 1. The van der Waals surface area contributed by atoms with Crippen molar-refractivity contribution in [3.63, 3.8) is 0 Å². The number of benzene rings is 2. The summed E-state index contributed by atoms with van der Waals surface area (Å²) in [6.07, 6.45) is 2.32. The maximum Gasteiger partial charge on any atom is 0.227 e. The lowest BCUT2D eigenvalue weighted by molar-refractivity contribution is -0.130. The van der Waals surface area contributed by atoms with Crippen molar-refractivity contribution in [2.45, 2.75) is 6.42 Å². The molecule has 0 unspecified atom stereocenters. The maximum atomic E-state index is 12.8. The first kappa shape index (κ1) is 17.7. The Labute approximate surface area is 163 Å². The number of rotatable bonds is 4. The van der Waals surface area contributed by atoms with E-state index in [9.17, 15) is 4.79 Å². The number of halogens is 1. The minimum atomic E-state index is 0.167. The molecule has 0 atom stereocenters. The average molecular weight is 384 g/mol. The Balaban J connectivity index is 1.38. The van der Waals surface area contributed by atoms with E-state index in [1.54, 1.807) is 7.11 Å². The standard InChI is InChI=1S/C21H22ClN3O2/c1-27-18-5-3-17(4-6-18)24-8-10-25(11-9-24)21(26)12-15-14-23-20-13-16(22)2-7-19(15)20/h2-7,13-14,23H,8-12H2,1H3. The van der Waals surface area contributed by atoms with Gasteiger partial charge in [-0.25, -0.2) is 0 Å². The average Bonchev–Trinajstić information content (AvgIpc) is 3.10. The van der Waals surface area contributed by atoms with E-state index >= 15 is 0 Å². The van der Waals surface area contributed by atoms with Gasteiger partial charge in [0.1, 0.15) is 5.75 Å². The second-order valence-electron chi connectivity index (χ2n) is 6.75. The van der Waals surface area contributed by atoms with Crippen molar-refractivity contribution in [3.8, 4) is 5.75 Å². The van der Waals surface area contributed by atoms with Crippen LogP contribution in [0, 0.1) is 0 Å². The van der Waals surface area contributed by atoms with Crippen LogP contribution in [-0.4, -0.2) is 49.1 Å². The molecule has 1 aliphatic heterocycles. The molecule has 27 heavy (non-hydrogen) atoms. The van der Waals surface area contributed by atoms with Crippen molar-refractivity contribution < 1.29 is 9.53 Å². The minimum Gasteiger partial charge on any atom is -0.497 e. The Hall–Kier alpha value is -2.66. The number of piperazine rings is 1. The number of anilines is 1. The van der Waals surface area contributed by atoms with Crippen LogP contribution in [0.2, 0.25) is 5.02 Å². The number of ether oxygens (including phenoxy) is 1. The van der Waals surface area contributed by atoms with Crippen LogP contribution in [0.1, 0.15) is 5.56 Å². The lowest BCUT2D eigenvalue weighted by atomic mass is 10.1. The molecule has 1 fully saturated rings. The number of nitrogens with one attached hydrogen (secondary N) is 1. The van der Waals surface area contributed by atoms with Gasteiger partial charge in [-0.3, -0.25) is 4.79 Å². The van der Waals surface area contributed by atoms with Gasteiger partial charge in [-0.1, -0.05) is 17.7 Å². The van der Waals surface area contributed by atoms with Crippen LogP contribution in [0.3, 0.4) is 0 Å². The normalized spacial score (nSPS) is 14.6. The summed E-state index contributed by atoms with van der Waals surface area (Å²) in [6, 6.07) is 13.8. The van der Waals surface area contributed by atoms with Gasteiger partial charge in [0.15, 0.2) is 0 Å². The molecule has 0 spiro atoms. The van der Waals surface area contributed by atoms with Gasteiger partial charge in [-0.2, -0.15) is 0 Å². The Morgan fingerprint density at radius 1 is 1.11 bits per heavy atom. The van der Waals surface area contributed by atoms with Gasteiger partial charge in [0, 0.05) is 54.0 Å². The molecular formula is C21H22ClN3O2. The smallest absolute Gasteiger partial charge is 0.227 e. The highest BCUT2D eigenvalue weighted by Crippen LogP contribution is 2.24. The molecule has 0 saturated carbocycles. The first-order valence-corrected chi connectivity index (χ1v) is 9.44. The summed E-state index contributed by atoms with van der Waals surface area (Å²) in [5.74, 6) is 1.02. The van der Waals surface area contributed by atoms with Crippen LogP contribution in [0.25, 0.3) is 10.9 Å². The SMILES string of the molecule is COc1ccc(N2CCN(C(=O)Cc3c[nH]c4cc(Cl)ccc34)CC2)cc1. The Morgan fingerprint density at radius 2 is 1.85 bits per heavy atom. The summed E-state index contributed by atoms with van der Waals surface area (Å²) in [4.78, 5) is 20.2. The Bertz CT molecular complexity index is 944. The molecule has 6 heteroatoms. The summed E-state index contributed by atoms with van der Waals surface area (Å²) in [5, 5.41) is 1.75. The first-order valence-electron chi connectivity index (χ1n) is 9.06. The van der Waals surface area contributed by atoms with Gasteiger partial charge in [0.05, 0.1) is 13.5 Å². The number of aromatic nitrogens is 1. The summed E-state index contributed by atoms with van der Waals surface area (Å²) in [7, 11) is 1.67. The van der Waals surface area contributed by atoms with Crippen molar-refractivity contribution in [1.29, 1.82) is 0 Å². The lowest BCUT2D eigenvalue weighted by Crippen LogP contribution is -2.49. The van der Waals surface area contributed by atoms with Gasteiger partial charge in [0.2, 0.25) is 5.91 Å². The van der Waals surface area contributed by atoms with E-state index in [0.29, 0.717) is 11.4 Å². The van der Waals surface area contributed by atoms with Crippen LogP contribution in [0.5, 0.6) is 5.75 Å². The minimum absolute atomic E-state index is 0.167. The number of fused-ring (bicyclic) bond motifs is 1. The Kier molecular flexibility index (Phi) is 4.94. The molecule has 0 bridgehead atoms. The molecule has 0 aliphatic carbocycles. The monoisotopic (exact) mass is 383 g/mol. The number of nitrogens with zero attached hydrogens (tertiary/aromatic N) is 2. The second kappa shape index (κ2) is 7.53. The zero-order chi connectivity index (χ0) is 18.8. The molecule has 1 aliphatic rings. The molecule has 5 nitrogen and oxygen atoms in total. The van der Waals surface area contributed by atoms with Crippen molar-refractivity contribution in [1.82, 2.24) is 9.88 Å². The third kappa shape index (κ3) is 3.74. The highest BCUT2D eigenvalue weighted by atomic mass is 35.5. The van der Waals surface area contributed by atoms with Gasteiger partial charge in [-0.15, -0.1) is 0 Å². The van der Waals surface area contributed by atoms with E-state index in [-0.39, 0.29) is 5.91 Å². The van der Waals surface area contributed by atoms with Gasteiger partial charge in [0.25, 0.3) is 0 Å². The van der Waals surface area contributed by atoms with Gasteiger partial charge < -0.3 is 19.5 Å². The first-order chi connectivity index (χ1) is 13.1. The molecule has 140 valence electrons. The molecule has 1 amide bonds. The zero-order valence-electron chi connectivity index (χ0n) is 15.2. The molecule has 4 rings (SSSR count). The zero-order valence-corrected chi connectivity index (χ0v) is 16.0. The quantitative estimate of drug-likeness (QED) is 0.747. The summed E-state index contributed by atoms with van der Waals surface area (Å²) >= 11 is 6.03. The van der Waals surface area contributed by atoms with Crippen LogP contribution in [0.4, 0.5) is 5.69 Å². The molecule has 1 N–H and O–H groups in total. The Morgan fingerprint density at radius 3 is 2.56 bits per heavy atom. The summed E-state index contributed by atoms with van der Waals surface area (Å²) in [6.45, 7) is 3.14. The maximum absolute atomic E-state index is 12.8. The van der Waals surface area contributed by atoms with E-state index in [2.05, 4.69) is 22.0 Å². The van der Waals surface area contributed by atoms with Crippen molar-refractivity contribution in [3.05, 3.63) is 59.2 Å². The molecule has 1 aromatic heterocycles. The highest BCUT2D eigenvalue weighted by Gasteiger charge is 2.22. The highest BCUT2D eigenvalue weighted by molar-refractivity contribution is 6.31. The summed E-state index contributed by atoms with van der Waals surface area (Å²) < 4.78 is 5.21. The lowest BCUT2D eigenvalue weighted by Gasteiger charge is -2.36. The predicted molar refractivity (Wildman–Crippen MR) is 109 cm³/mol.